The molecule has 1 aromatic heterocycles. The Labute approximate surface area is 102 Å². The maximum absolute atomic E-state index is 11.2. The van der Waals surface area contributed by atoms with Gasteiger partial charge in [0.25, 0.3) is 0 Å². The molecule has 0 saturated heterocycles. The second-order valence-corrected chi connectivity index (χ2v) is 3.66. The van der Waals surface area contributed by atoms with E-state index in [1.807, 2.05) is 5.32 Å². The van der Waals surface area contributed by atoms with Gasteiger partial charge >= 0.3 is 11.7 Å². The van der Waals surface area contributed by atoms with E-state index in [0.717, 1.165) is 0 Å². The summed E-state index contributed by atoms with van der Waals surface area (Å²) >= 11 is 0. The SMILES string of the molecule is Cc1nn(CCC(=O)NC(N)=O)c(C)c1[N+](=O)[O-]. The molecule has 0 bridgehead atoms. The van der Waals surface area contributed by atoms with Gasteiger partial charge in [-0.25, -0.2) is 4.79 Å². The smallest absolute Gasteiger partial charge is 0.318 e. The van der Waals surface area contributed by atoms with Crippen molar-refractivity contribution in [2.45, 2.75) is 26.8 Å². The van der Waals surface area contributed by atoms with Crippen molar-refractivity contribution in [1.29, 1.82) is 0 Å². The van der Waals surface area contributed by atoms with Crippen LogP contribution in [0.15, 0.2) is 0 Å². The Balaban J connectivity index is 2.75. The van der Waals surface area contributed by atoms with Gasteiger partial charge in [-0.15, -0.1) is 0 Å². The van der Waals surface area contributed by atoms with E-state index in [2.05, 4.69) is 5.10 Å². The lowest BCUT2D eigenvalue weighted by molar-refractivity contribution is -0.386. The van der Waals surface area contributed by atoms with E-state index in [0.29, 0.717) is 5.69 Å². The third-order valence-corrected chi connectivity index (χ3v) is 2.34. The van der Waals surface area contributed by atoms with Gasteiger partial charge in [-0.1, -0.05) is 0 Å². The van der Waals surface area contributed by atoms with Crippen LogP contribution in [0.2, 0.25) is 0 Å². The van der Waals surface area contributed by atoms with Crippen LogP contribution < -0.4 is 11.1 Å². The zero-order valence-corrected chi connectivity index (χ0v) is 9.97. The number of nitrogens with one attached hydrogen (secondary N) is 1. The van der Waals surface area contributed by atoms with Gasteiger partial charge in [-0.3, -0.25) is 24.9 Å². The first kappa shape index (κ1) is 13.6. The van der Waals surface area contributed by atoms with E-state index in [4.69, 9.17) is 5.73 Å². The number of primary amides is 1. The van der Waals surface area contributed by atoms with Gasteiger partial charge in [0, 0.05) is 6.42 Å². The quantitative estimate of drug-likeness (QED) is 0.576. The summed E-state index contributed by atoms with van der Waals surface area (Å²) in [6, 6.07) is -0.931. The molecule has 9 heteroatoms. The van der Waals surface area contributed by atoms with Crippen molar-refractivity contribution in [3.8, 4) is 0 Å². The van der Waals surface area contributed by atoms with Crippen LogP contribution in [0.5, 0.6) is 0 Å². The number of urea groups is 1. The lowest BCUT2D eigenvalue weighted by atomic mass is 10.3. The standard InChI is InChI=1S/C9H13N5O4/c1-5-8(14(17)18)6(2)13(12-5)4-3-7(15)11-9(10)16/h3-4H2,1-2H3,(H3,10,11,15,16). The minimum atomic E-state index is -0.931. The third-order valence-electron chi connectivity index (χ3n) is 2.34. The largest absolute Gasteiger partial charge is 0.351 e. The average molecular weight is 255 g/mol. The number of nitrogens with zero attached hydrogens (tertiary/aromatic N) is 3. The van der Waals surface area contributed by atoms with E-state index in [1.165, 1.54) is 11.6 Å². The molecule has 1 aromatic rings. The predicted molar refractivity (Wildman–Crippen MR) is 60.7 cm³/mol. The molecule has 0 saturated carbocycles. The molecule has 18 heavy (non-hydrogen) atoms. The highest BCUT2D eigenvalue weighted by Gasteiger charge is 2.21. The minimum absolute atomic E-state index is 0.0396. The fraction of sp³-hybridized carbons (Fsp3) is 0.444. The highest BCUT2D eigenvalue weighted by molar-refractivity contribution is 5.93. The highest BCUT2D eigenvalue weighted by atomic mass is 16.6. The van der Waals surface area contributed by atoms with Gasteiger partial charge in [-0.2, -0.15) is 5.10 Å². The first-order chi connectivity index (χ1) is 8.32. The molecule has 1 heterocycles. The van der Waals surface area contributed by atoms with Gasteiger partial charge in [0.05, 0.1) is 11.5 Å². The van der Waals surface area contributed by atoms with Crippen LogP contribution in [0.25, 0.3) is 0 Å². The summed E-state index contributed by atoms with van der Waals surface area (Å²) in [6.07, 6.45) is -0.0396. The van der Waals surface area contributed by atoms with Gasteiger partial charge in [0.2, 0.25) is 5.91 Å². The number of amides is 3. The number of carbonyl (C=O) groups excluding carboxylic acids is 2. The molecule has 0 aromatic carbocycles. The number of nitro groups is 1. The summed E-state index contributed by atoms with van der Waals surface area (Å²) in [6.45, 7) is 3.20. The van der Waals surface area contributed by atoms with Crippen LogP contribution in [0.3, 0.4) is 0 Å². The number of aryl methyl sites for hydroxylation is 2. The Kier molecular flexibility index (Phi) is 3.97. The van der Waals surface area contributed by atoms with E-state index < -0.39 is 16.9 Å². The molecule has 0 spiro atoms. The molecule has 0 fully saturated rings. The van der Waals surface area contributed by atoms with Crippen molar-refractivity contribution < 1.29 is 14.5 Å². The summed E-state index contributed by atoms with van der Waals surface area (Å²) in [5.41, 5.74) is 5.36. The molecule has 3 N–H and O–H groups in total. The summed E-state index contributed by atoms with van der Waals surface area (Å²) in [5.74, 6) is -0.558. The van der Waals surface area contributed by atoms with E-state index >= 15 is 0 Å². The van der Waals surface area contributed by atoms with Crippen molar-refractivity contribution in [3.63, 3.8) is 0 Å². The summed E-state index contributed by atoms with van der Waals surface area (Å²) < 4.78 is 1.36. The number of imide groups is 1. The summed E-state index contributed by atoms with van der Waals surface area (Å²) in [7, 11) is 0. The van der Waals surface area contributed by atoms with E-state index in [-0.39, 0.29) is 24.3 Å². The van der Waals surface area contributed by atoms with Gasteiger partial charge < -0.3 is 5.73 Å². The highest BCUT2D eigenvalue weighted by Crippen LogP contribution is 2.21. The summed E-state index contributed by atoms with van der Waals surface area (Å²) in [4.78, 5) is 31.8. The predicted octanol–water partition coefficient (Wildman–Crippen LogP) is -0.00686. The fourth-order valence-corrected chi connectivity index (χ4v) is 1.58. The van der Waals surface area contributed by atoms with Crippen LogP contribution in [0.4, 0.5) is 10.5 Å². The average Bonchev–Trinajstić information content (AvgIpc) is 2.49. The molecule has 1 rings (SSSR count). The zero-order valence-electron chi connectivity index (χ0n) is 9.97. The first-order valence-electron chi connectivity index (χ1n) is 5.10. The van der Waals surface area contributed by atoms with Crippen molar-refractivity contribution in [2.24, 2.45) is 5.73 Å². The van der Waals surface area contributed by atoms with Crippen LogP contribution in [-0.2, 0) is 11.3 Å². The zero-order chi connectivity index (χ0) is 13.9. The molecule has 0 radical (unpaired) electrons. The molecular weight excluding hydrogens is 242 g/mol. The molecular formula is C9H13N5O4. The van der Waals surface area contributed by atoms with Crippen molar-refractivity contribution in [2.75, 3.05) is 0 Å². The molecule has 98 valence electrons. The number of hydrogen-bond acceptors (Lipinski definition) is 5. The maximum atomic E-state index is 11.2. The van der Waals surface area contributed by atoms with Crippen LogP contribution >= 0.6 is 0 Å². The number of carbonyl (C=O) groups is 2. The summed E-state index contributed by atoms with van der Waals surface area (Å²) in [5, 5.41) is 16.6. The van der Waals surface area contributed by atoms with Gasteiger partial charge in [-0.05, 0) is 13.8 Å². The van der Waals surface area contributed by atoms with E-state index in [9.17, 15) is 19.7 Å². The monoisotopic (exact) mass is 255 g/mol. The number of hydrogen-bond donors (Lipinski definition) is 2. The first-order valence-corrected chi connectivity index (χ1v) is 5.10. The maximum Gasteiger partial charge on any atom is 0.318 e. The molecule has 0 aliphatic heterocycles. The molecule has 0 atom stereocenters. The lowest BCUT2D eigenvalue weighted by Crippen LogP contribution is -2.35. The van der Waals surface area contributed by atoms with Crippen molar-refractivity contribution >= 4 is 17.6 Å². The Morgan fingerprint density at radius 2 is 2.11 bits per heavy atom. The second-order valence-electron chi connectivity index (χ2n) is 3.66. The van der Waals surface area contributed by atoms with Gasteiger partial charge in [0.15, 0.2) is 0 Å². The number of aromatic nitrogens is 2. The Morgan fingerprint density at radius 1 is 1.50 bits per heavy atom. The normalized spacial score (nSPS) is 10.1. The molecule has 0 unspecified atom stereocenters. The third kappa shape index (κ3) is 3.03. The van der Waals surface area contributed by atoms with Crippen LogP contribution in [0, 0.1) is 24.0 Å². The van der Waals surface area contributed by atoms with E-state index in [1.54, 1.807) is 6.92 Å². The van der Waals surface area contributed by atoms with Gasteiger partial charge in [0.1, 0.15) is 11.4 Å². The topological polar surface area (TPSA) is 133 Å². The molecule has 0 aliphatic rings. The lowest BCUT2D eigenvalue weighted by Gasteiger charge is -2.03. The van der Waals surface area contributed by atoms with Crippen molar-refractivity contribution in [1.82, 2.24) is 15.1 Å². The number of nitrogens with two attached hydrogens (primary N) is 1. The second kappa shape index (κ2) is 5.25. The fourth-order valence-electron chi connectivity index (χ4n) is 1.58. The Hall–Kier alpha value is -2.45. The Bertz CT molecular complexity index is 507. The van der Waals surface area contributed by atoms with Crippen LogP contribution in [-0.4, -0.2) is 26.6 Å². The number of rotatable bonds is 4. The minimum Gasteiger partial charge on any atom is -0.351 e. The van der Waals surface area contributed by atoms with Crippen molar-refractivity contribution in [3.05, 3.63) is 21.5 Å². The van der Waals surface area contributed by atoms with Crippen LogP contribution in [0.1, 0.15) is 17.8 Å². The molecule has 3 amide bonds. The molecule has 9 nitrogen and oxygen atoms in total. The Morgan fingerprint density at radius 3 is 2.56 bits per heavy atom. The molecule has 0 aliphatic carbocycles.